The van der Waals surface area contributed by atoms with Gasteiger partial charge in [0.05, 0.1) is 13.7 Å². The first-order chi connectivity index (χ1) is 11.7. The molecule has 0 fully saturated rings. The summed E-state index contributed by atoms with van der Waals surface area (Å²) in [5, 5.41) is 8.27. The summed E-state index contributed by atoms with van der Waals surface area (Å²) in [5.74, 6) is 1.63. The zero-order valence-corrected chi connectivity index (χ0v) is 13.8. The number of rotatable bonds is 6. The fourth-order valence-electron chi connectivity index (χ4n) is 2.64. The number of carbonyl (C=O) groups is 1. The molecule has 0 bridgehead atoms. The van der Waals surface area contributed by atoms with Crippen LogP contribution in [0.1, 0.15) is 17.8 Å². The fourth-order valence-corrected chi connectivity index (χ4v) is 2.64. The molecule has 0 aliphatic rings. The zero-order chi connectivity index (χ0) is 16.9. The van der Waals surface area contributed by atoms with E-state index in [1.807, 2.05) is 53.1 Å². The van der Waals surface area contributed by atoms with Crippen LogP contribution in [0.3, 0.4) is 0 Å². The van der Waals surface area contributed by atoms with Crippen molar-refractivity contribution >= 4 is 11.6 Å². The number of benzene rings is 1. The highest BCUT2D eigenvalue weighted by Crippen LogP contribution is 2.19. The summed E-state index contributed by atoms with van der Waals surface area (Å²) in [6.45, 7) is 0.427. The Morgan fingerprint density at radius 1 is 1.17 bits per heavy atom. The number of aryl methyl sites for hydroxylation is 1. The molecule has 3 rings (SSSR count). The highest BCUT2D eigenvalue weighted by Gasteiger charge is 2.14. The largest absolute Gasteiger partial charge is 0.496 e. The first-order valence-corrected chi connectivity index (χ1v) is 7.83. The lowest BCUT2D eigenvalue weighted by molar-refractivity contribution is -0.130. The summed E-state index contributed by atoms with van der Waals surface area (Å²) in [6, 6.07) is 13.5. The molecular weight excluding hydrogens is 304 g/mol. The quantitative estimate of drug-likeness (QED) is 0.698. The molecule has 124 valence electrons. The first-order valence-electron chi connectivity index (χ1n) is 7.83. The van der Waals surface area contributed by atoms with Crippen LogP contribution in [0.2, 0.25) is 0 Å². The molecule has 0 N–H and O–H groups in total. The van der Waals surface area contributed by atoms with E-state index in [1.165, 1.54) is 0 Å². The summed E-state index contributed by atoms with van der Waals surface area (Å²) < 4.78 is 7.22. The minimum absolute atomic E-state index is 0.0635. The number of ether oxygens (including phenoxy) is 1. The molecule has 0 atom stereocenters. The minimum Gasteiger partial charge on any atom is -0.496 e. The average molecular weight is 324 g/mol. The lowest BCUT2D eigenvalue weighted by atomic mass is 10.1. The lowest BCUT2D eigenvalue weighted by Gasteiger charge is -2.16. The van der Waals surface area contributed by atoms with Crippen LogP contribution in [-0.2, 0) is 17.8 Å². The molecule has 6 nitrogen and oxygen atoms in total. The number of aromatic nitrogens is 3. The number of carbonyl (C=O) groups excluding carboxylic acids is 1. The SMILES string of the molecule is COc1ccccc1CCC(=O)N(C)Cc1nnc2ccccn12. The third-order valence-electron chi connectivity index (χ3n) is 3.99. The Hall–Kier alpha value is -2.89. The van der Waals surface area contributed by atoms with Gasteiger partial charge in [0.1, 0.15) is 5.75 Å². The lowest BCUT2D eigenvalue weighted by Crippen LogP contribution is -2.27. The number of fused-ring (bicyclic) bond motifs is 1. The molecule has 6 heteroatoms. The normalized spacial score (nSPS) is 10.8. The van der Waals surface area contributed by atoms with Gasteiger partial charge >= 0.3 is 0 Å². The van der Waals surface area contributed by atoms with E-state index in [1.54, 1.807) is 19.1 Å². The Labute approximate surface area is 140 Å². The molecule has 24 heavy (non-hydrogen) atoms. The van der Waals surface area contributed by atoms with Crippen molar-refractivity contribution in [3.63, 3.8) is 0 Å². The molecule has 0 saturated carbocycles. The smallest absolute Gasteiger partial charge is 0.223 e. The number of methoxy groups -OCH3 is 1. The summed E-state index contributed by atoms with van der Waals surface area (Å²) >= 11 is 0. The fraction of sp³-hybridized carbons (Fsp3) is 0.278. The van der Waals surface area contributed by atoms with Crippen molar-refractivity contribution in [1.82, 2.24) is 19.5 Å². The topological polar surface area (TPSA) is 59.7 Å². The molecule has 0 unspecified atom stereocenters. The third kappa shape index (κ3) is 3.37. The van der Waals surface area contributed by atoms with Gasteiger partial charge in [-0.1, -0.05) is 24.3 Å². The van der Waals surface area contributed by atoms with E-state index in [4.69, 9.17) is 4.74 Å². The van der Waals surface area contributed by atoms with Crippen molar-refractivity contribution < 1.29 is 9.53 Å². The maximum atomic E-state index is 12.4. The van der Waals surface area contributed by atoms with Gasteiger partial charge in [-0.25, -0.2) is 0 Å². The highest BCUT2D eigenvalue weighted by atomic mass is 16.5. The predicted octanol–water partition coefficient (Wildman–Crippen LogP) is 2.33. The molecule has 3 aromatic rings. The summed E-state index contributed by atoms with van der Waals surface area (Å²) in [4.78, 5) is 14.1. The molecule has 0 radical (unpaired) electrons. The third-order valence-corrected chi connectivity index (χ3v) is 3.99. The number of para-hydroxylation sites is 1. The number of nitrogens with zero attached hydrogens (tertiary/aromatic N) is 4. The molecule has 1 aromatic carbocycles. The average Bonchev–Trinajstić information content (AvgIpc) is 3.03. The number of amides is 1. The second-order valence-corrected chi connectivity index (χ2v) is 5.61. The molecule has 0 saturated heterocycles. The van der Waals surface area contributed by atoms with Gasteiger partial charge in [-0.2, -0.15) is 0 Å². The van der Waals surface area contributed by atoms with Crippen LogP contribution in [0.4, 0.5) is 0 Å². The maximum Gasteiger partial charge on any atom is 0.223 e. The molecule has 0 spiro atoms. The van der Waals surface area contributed by atoms with E-state index in [9.17, 15) is 4.79 Å². The van der Waals surface area contributed by atoms with E-state index >= 15 is 0 Å². The van der Waals surface area contributed by atoms with Crippen LogP contribution in [-0.4, -0.2) is 39.6 Å². The van der Waals surface area contributed by atoms with Crippen LogP contribution in [0.5, 0.6) is 5.75 Å². The van der Waals surface area contributed by atoms with Gasteiger partial charge in [-0.3, -0.25) is 9.20 Å². The van der Waals surface area contributed by atoms with E-state index in [2.05, 4.69) is 10.2 Å². The molecule has 2 aromatic heterocycles. The molecular formula is C18H20N4O2. The van der Waals surface area contributed by atoms with Gasteiger partial charge in [0.25, 0.3) is 0 Å². The van der Waals surface area contributed by atoms with E-state index < -0.39 is 0 Å². The standard InChI is InChI=1S/C18H20N4O2/c1-21(13-17-20-19-16-9-5-6-12-22(16)17)18(23)11-10-14-7-3-4-8-15(14)24-2/h3-9,12H,10-11,13H2,1-2H3. The Balaban J connectivity index is 1.63. The number of pyridine rings is 1. The number of hydrogen-bond donors (Lipinski definition) is 0. The second-order valence-electron chi connectivity index (χ2n) is 5.61. The van der Waals surface area contributed by atoms with Gasteiger partial charge in [0.15, 0.2) is 11.5 Å². The number of hydrogen-bond acceptors (Lipinski definition) is 4. The summed E-state index contributed by atoms with van der Waals surface area (Å²) in [5.41, 5.74) is 1.82. The Morgan fingerprint density at radius 2 is 1.96 bits per heavy atom. The van der Waals surface area contributed by atoms with Crippen molar-refractivity contribution in [3.05, 3.63) is 60.0 Å². The van der Waals surface area contributed by atoms with Crippen LogP contribution in [0.15, 0.2) is 48.7 Å². The highest BCUT2D eigenvalue weighted by molar-refractivity contribution is 5.76. The molecule has 0 aliphatic carbocycles. The Kier molecular flexibility index (Phi) is 4.74. The second kappa shape index (κ2) is 7.12. The van der Waals surface area contributed by atoms with Gasteiger partial charge in [0.2, 0.25) is 5.91 Å². The van der Waals surface area contributed by atoms with Gasteiger partial charge in [-0.05, 0) is 30.2 Å². The van der Waals surface area contributed by atoms with Crippen LogP contribution in [0.25, 0.3) is 5.65 Å². The van der Waals surface area contributed by atoms with E-state index in [0.717, 1.165) is 22.8 Å². The van der Waals surface area contributed by atoms with Gasteiger partial charge in [0, 0.05) is 19.7 Å². The van der Waals surface area contributed by atoms with Crippen LogP contribution < -0.4 is 4.74 Å². The summed E-state index contributed by atoms with van der Waals surface area (Å²) in [7, 11) is 3.43. The monoisotopic (exact) mass is 324 g/mol. The van der Waals surface area contributed by atoms with Crippen molar-refractivity contribution in [2.45, 2.75) is 19.4 Å². The summed E-state index contributed by atoms with van der Waals surface area (Å²) in [6.07, 6.45) is 2.97. The Bertz CT molecular complexity index is 844. The zero-order valence-electron chi connectivity index (χ0n) is 13.8. The van der Waals surface area contributed by atoms with Gasteiger partial charge in [-0.15, -0.1) is 10.2 Å². The molecule has 1 amide bonds. The minimum atomic E-state index is 0.0635. The first kappa shape index (κ1) is 16.0. The predicted molar refractivity (Wildman–Crippen MR) is 90.8 cm³/mol. The van der Waals surface area contributed by atoms with Crippen molar-refractivity contribution in [2.75, 3.05) is 14.2 Å². The van der Waals surface area contributed by atoms with Gasteiger partial charge < -0.3 is 9.64 Å². The van der Waals surface area contributed by atoms with Crippen molar-refractivity contribution in [2.24, 2.45) is 0 Å². The van der Waals surface area contributed by atoms with Crippen molar-refractivity contribution in [3.8, 4) is 5.75 Å². The molecule has 2 heterocycles. The molecule has 0 aliphatic heterocycles. The van der Waals surface area contributed by atoms with E-state index in [-0.39, 0.29) is 5.91 Å². The van der Waals surface area contributed by atoms with E-state index in [0.29, 0.717) is 19.4 Å². The van der Waals surface area contributed by atoms with Crippen LogP contribution in [0, 0.1) is 0 Å². The van der Waals surface area contributed by atoms with Crippen LogP contribution >= 0.6 is 0 Å². The maximum absolute atomic E-state index is 12.4. The Morgan fingerprint density at radius 3 is 2.79 bits per heavy atom. The van der Waals surface area contributed by atoms with Crippen molar-refractivity contribution in [1.29, 1.82) is 0 Å².